The minimum Gasteiger partial charge on any atom is -0.492 e. The van der Waals surface area contributed by atoms with Crippen LogP contribution in [0.15, 0.2) is 30.3 Å². The molecule has 1 aromatic carbocycles. The molecule has 2 unspecified atom stereocenters. The van der Waals surface area contributed by atoms with E-state index in [1.165, 1.54) is 6.54 Å². The van der Waals surface area contributed by atoms with Crippen molar-refractivity contribution < 1.29 is 4.74 Å². The molecule has 1 heterocycles. The Labute approximate surface area is 85.5 Å². The maximum atomic E-state index is 5.67. The zero-order valence-corrected chi connectivity index (χ0v) is 8.81. The predicted octanol–water partition coefficient (Wildman–Crippen LogP) is 2.16. The Hall–Kier alpha value is -1.02. The fraction of sp³-hybridized carbons (Fsp3) is 0.500. The molecule has 0 saturated carbocycles. The van der Waals surface area contributed by atoms with E-state index in [-0.39, 0.29) is 0 Å². The van der Waals surface area contributed by atoms with Crippen LogP contribution in [0.25, 0.3) is 0 Å². The van der Waals surface area contributed by atoms with Crippen molar-refractivity contribution in [1.82, 2.24) is 4.90 Å². The van der Waals surface area contributed by atoms with Crippen molar-refractivity contribution in [1.29, 1.82) is 0 Å². The van der Waals surface area contributed by atoms with Crippen molar-refractivity contribution in [2.45, 2.75) is 25.9 Å². The van der Waals surface area contributed by atoms with E-state index in [1.807, 2.05) is 30.3 Å². The number of hydrogen-bond donors (Lipinski definition) is 0. The van der Waals surface area contributed by atoms with Gasteiger partial charge >= 0.3 is 0 Å². The number of ether oxygens (including phenoxy) is 1. The first-order valence-electron chi connectivity index (χ1n) is 5.21. The number of para-hydroxylation sites is 1. The van der Waals surface area contributed by atoms with Gasteiger partial charge in [-0.3, -0.25) is 4.90 Å². The molecule has 0 N–H and O–H groups in total. The minimum absolute atomic E-state index is 0.634. The van der Waals surface area contributed by atoms with Gasteiger partial charge in [-0.25, -0.2) is 0 Å². The van der Waals surface area contributed by atoms with Gasteiger partial charge in [-0.15, -0.1) is 0 Å². The number of nitrogens with zero attached hydrogens (tertiary/aromatic N) is 1. The van der Waals surface area contributed by atoms with Crippen LogP contribution in [0.4, 0.5) is 0 Å². The summed E-state index contributed by atoms with van der Waals surface area (Å²) in [6, 6.07) is 11.3. The molecule has 2 nitrogen and oxygen atoms in total. The number of benzene rings is 1. The van der Waals surface area contributed by atoms with Crippen LogP contribution in [-0.2, 0) is 0 Å². The highest BCUT2D eigenvalue weighted by molar-refractivity contribution is 5.21. The first-order valence-corrected chi connectivity index (χ1v) is 5.21. The highest BCUT2D eigenvalue weighted by Gasteiger charge is 2.36. The first-order chi connectivity index (χ1) is 6.77. The number of rotatable bonds is 4. The molecule has 76 valence electrons. The first kappa shape index (κ1) is 9.53. The standard InChI is InChI=1S/C12H17NO/c1-10(2)13-8-11(13)9-14-12-6-4-3-5-7-12/h3-7,10-11H,8-9H2,1-2H3. The Balaban J connectivity index is 1.75. The lowest BCUT2D eigenvalue weighted by atomic mass is 10.3. The molecule has 0 amide bonds. The summed E-state index contributed by atoms with van der Waals surface area (Å²) >= 11 is 0. The monoisotopic (exact) mass is 191 g/mol. The molecule has 1 aliphatic heterocycles. The van der Waals surface area contributed by atoms with E-state index < -0.39 is 0 Å². The SMILES string of the molecule is CC(C)N1CC1COc1ccccc1. The Bertz CT molecular complexity index is 284. The molecule has 1 aromatic rings. The summed E-state index contributed by atoms with van der Waals surface area (Å²) in [5, 5.41) is 0. The van der Waals surface area contributed by atoms with Gasteiger partial charge < -0.3 is 4.74 Å². The highest BCUT2D eigenvalue weighted by atomic mass is 16.5. The summed E-state index contributed by atoms with van der Waals surface area (Å²) in [6.07, 6.45) is 0. The Morgan fingerprint density at radius 2 is 2.07 bits per heavy atom. The summed E-state index contributed by atoms with van der Waals surface area (Å²) in [5.41, 5.74) is 0. The molecule has 0 aliphatic carbocycles. The quantitative estimate of drug-likeness (QED) is 0.676. The van der Waals surface area contributed by atoms with Crippen molar-refractivity contribution in [2.75, 3.05) is 13.2 Å². The lowest BCUT2D eigenvalue weighted by Crippen LogP contribution is -2.16. The van der Waals surface area contributed by atoms with E-state index in [9.17, 15) is 0 Å². The van der Waals surface area contributed by atoms with E-state index in [2.05, 4.69) is 18.7 Å². The third kappa shape index (κ3) is 2.26. The van der Waals surface area contributed by atoms with Crippen LogP contribution < -0.4 is 4.74 Å². The van der Waals surface area contributed by atoms with Gasteiger partial charge in [0.2, 0.25) is 0 Å². The Kier molecular flexibility index (Phi) is 2.73. The molecular weight excluding hydrogens is 174 g/mol. The fourth-order valence-corrected chi connectivity index (χ4v) is 1.69. The average molecular weight is 191 g/mol. The Morgan fingerprint density at radius 1 is 1.36 bits per heavy atom. The molecule has 0 spiro atoms. The largest absolute Gasteiger partial charge is 0.492 e. The maximum Gasteiger partial charge on any atom is 0.119 e. The van der Waals surface area contributed by atoms with Crippen LogP contribution >= 0.6 is 0 Å². The molecule has 0 bridgehead atoms. The second-order valence-electron chi connectivity index (χ2n) is 4.07. The van der Waals surface area contributed by atoms with Gasteiger partial charge in [-0.05, 0) is 26.0 Å². The highest BCUT2D eigenvalue weighted by Crippen LogP contribution is 2.21. The molecular formula is C12H17NO. The number of hydrogen-bond acceptors (Lipinski definition) is 2. The predicted molar refractivity (Wildman–Crippen MR) is 57.6 cm³/mol. The van der Waals surface area contributed by atoms with Crippen LogP contribution in [0.1, 0.15) is 13.8 Å². The van der Waals surface area contributed by atoms with Gasteiger partial charge in [0, 0.05) is 12.6 Å². The molecule has 2 atom stereocenters. The fourth-order valence-electron chi connectivity index (χ4n) is 1.69. The molecule has 1 fully saturated rings. The smallest absolute Gasteiger partial charge is 0.119 e. The second kappa shape index (κ2) is 4.01. The molecule has 2 rings (SSSR count). The Morgan fingerprint density at radius 3 is 2.64 bits per heavy atom. The van der Waals surface area contributed by atoms with Gasteiger partial charge in [0.05, 0.1) is 6.04 Å². The molecule has 14 heavy (non-hydrogen) atoms. The van der Waals surface area contributed by atoms with Crippen LogP contribution in [-0.4, -0.2) is 30.1 Å². The summed E-state index contributed by atoms with van der Waals surface area (Å²) in [7, 11) is 0. The summed E-state index contributed by atoms with van der Waals surface area (Å²) in [6.45, 7) is 6.46. The molecule has 1 saturated heterocycles. The summed E-state index contributed by atoms with van der Waals surface area (Å²) in [4.78, 5) is 2.43. The molecule has 1 aliphatic rings. The minimum atomic E-state index is 0.634. The lowest BCUT2D eigenvalue weighted by molar-refractivity contribution is 0.282. The van der Waals surface area contributed by atoms with E-state index in [1.54, 1.807) is 0 Å². The van der Waals surface area contributed by atoms with E-state index in [0.29, 0.717) is 12.1 Å². The molecule has 2 heteroatoms. The third-order valence-corrected chi connectivity index (χ3v) is 2.61. The van der Waals surface area contributed by atoms with E-state index in [4.69, 9.17) is 4.74 Å². The van der Waals surface area contributed by atoms with Gasteiger partial charge in [0.15, 0.2) is 0 Å². The zero-order chi connectivity index (χ0) is 9.97. The normalized spacial score (nSPS) is 25.1. The average Bonchev–Trinajstić information content (AvgIpc) is 2.96. The van der Waals surface area contributed by atoms with Crippen molar-refractivity contribution in [2.24, 2.45) is 0 Å². The third-order valence-electron chi connectivity index (χ3n) is 2.61. The molecule has 0 aromatic heterocycles. The van der Waals surface area contributed by atoms with Gasteiger partial charge in [0.25, 0.3) is 0 Å². The molecule has 0 radical (unpaired) electrons. The van der Waals surface area contributed by atoms with E-state index in [0.717, 1.165) is 12.4 Å². The maximum absolute atomic E-state index is 5.67. The zero-order valence-electron chi connectivity index (χ0n) is 8.81. The van der Waals surface area contributed by atoms with Crippen molar-refractivity contribution in [3.63, 3.8) is 0 Å². The van der Waals surface area contributed by atoms with Crippen molar-refractivity contribution in [3.05, 3.63) is 30.3 Å². The van der Waals surface area contributed by atoms with E-state index >= 15 is 0 Å². The lowest BCUT2D eigenvalue weighted by Gasteiger charge is -2.08. The van der Waals surface area contributed by atoms with Crippen LogP contribution in [0.5, 0.6) is 5.75 Å². The summed E-state index contributed by atoms with van der Waals surface area (Å²) in [5.74, 6) is 0.975. The topological polar surface area (TPSA) is 12.2 Å². The van der Waals surface area contributed by atoms with Gasteiger partial charge in [-0.2, -0.15) is 0 Å². The van der Waals surface area contributed by atoms with Crippen LogP contribution in [0, 0.1) is 0 Å². The van der Waals surface area contributed by atoms with Crippen LogP contribution in [0.3, 0.4) is 0 Å². The van der Waals surface area contributed by atoms with Crippen molar-refractivity contribution >= 4 is 0 Å². The van der Waals surface area contributed by atoms with Gasteiger partial charge in [-0.1, -0.05) is 18.2 Å². The second-order valence-corrected chi connectivity index (χ2v) is 4.07. The van der Waals surface area contributed by atoms with Crippen LogP contribution in [0.2, 0.25) is 0 Å². The van der Waals surface area contributed by atoms with Crippen molar-refractivity contribution in [3.8, 4) is 5.75 Å². The summed E-state index contributed by atoms with van der Waals surface area (Å²) < 4.78 is 5.67. The van der Waals surface area contributed by atoms with Gasteiger partial charge in [0.1, 0.15) is 12.4 Å².